The predicted molar refractivity (Wildman–Crippen MR) is 115 cm³/mol. The number of methoxy groups -OCH3 is 1. The Labute approximate surface area is 178 Å². The maximum atomic E-state index is 13.6. The number of nitrogens with one attached hydrogen (secondary N) is 4. The normalized spacial score (nSPS) is 10.3. The number of rotatable bonds is 8. The van der Waals surface area contributed by atoms with E-state index in [2.05, 4.69) is 31.2 Å². The van der Waals surface area contributed by atoms with Crippen LogP contribution in [0.5, 0.6) is 5.75 Å². The van der Waals surface area contributed by atoms with Crippen LogP contribution in [0.15, 0.2) is 48.5 Å². The Hall–Kier alpha value is -3.95. The number of hydrogen-bond acceptors (Lipinski definition) is 6. The van der Waals surface area contributed by atoms with Crippen molar-refractivity contribution in [2.24, 2.45) is 0 Å². The SMILES string of the molecule is COc1ccc(Nc2cc(C)nc(NCCNC(=O)Nc3cc(F)ccc3F)n2)cc1. The standard InChI is InChI=1S/C21H22F2N6O2/c1-13-11-19(27-15-4-6-16(31-2)7-5-15)29-20(26-13)24-9-10-25-21(30)28-18-12-14(22)3-8-17(18)23/h3-8,11-12H,9-10H2,1-2H3,(H2,25,28,30)(H2,24,26,27,29). The summed E-state index contributed by atoms with van der Waals surface area (Å²) >= 11 is 0. The Kier molecular flexibility index (Phi) is 7.15. The smallest absolute Gasteiger partial charge is 0.319 e. The van der Waals surface area contributed by atoms with Gasteiger partial charge < -0.3 is 26.0 Å². The molecule has 0 bridgehead atoms. The van der Waals surface area contributed by atoms with E-state index in [1.165, 1.54) is 0 Å². The van der Waals surface area contributed by atoms with Gasteiger partial charge in [0.2, 0.25) is 5.95 Å². The largest absolute Gasteiger partial charge is 0.497 e. The Morgan fingerprint density at radius 2 is 1.81 bits per heavy atom. The molecule has 0 saturated carbocycles. The number of carbonyl (C=O) groups is 1. The minimum Gasteiger partial charge on any atom is -0.497 e. The molecule has 1 aromatic heterocycles. The van der Waals surface area contributed by atoms with E-state index in [4.69, 9.17) is 4.74 Å². The average molecular weight is 428 g/mol. The third kappa shape index (κ3) is 6.53. The lowest BCUT2D eigenvalue weighted by Gasteiger charge is -2.11. The Bertz CT molecular complexity index is 1050. The van der Waals surface area contributed by atoms with Crippen LogP contribution >= 0.6 is 0 Å². The molecule has 3 aromatic rings. The molecule has 0 aliphatic carbocycles. The molecular weight excluding hydrogens is 406 g/mol. The van der Waals surface area contributed by atoms with E-state index >= 15 is 0 Å². The molecule has 0 unspecified atom stereocenters. The highest BCUT2D eigenvalue weighted by Crippen LogP contribution is 2.20. The number of nitrogens with zero attached hydrogens (tertiary/aromatic N) is 2. The molecule has 0 spiro atoms. The van der Waals surface area contributed by atoms with E-state index in [0.29, 0.717) is 18.3 Å². The van der Waals surface area contributed by atoms with Gasteiger partial charge in [-0.25, -0.2) is 18.6 Å². The van der Waals surface area contributed by atoms with Gasteiger partial charge in [-0.3, -0.25) is 0 Å². The first-order valence-electron chi connectivity index (χ1n) is 9.43. The second kappa shape index (κ2) is 10.2. The van der Waals surface area contributed by atoms with E-state index in [1.54, 1.807) is 13.2 Å². The molecule has 3 rings (SSSR count). The number of benzene rings is 2. The fourth-order valence-corrected chi connectivity index (χ4v) is 2.64. The summed E-state index contributed by atoms with van der Waals surface area (Å²) in [7, 11) is 1.60. The molecule has 0 fully saturated rings. The van der Waals surface area contributed by atoms with E-state index in [9.17, 15) is 13.6 Å². The number of hydrogen-bond donors (Lipinski definition) is 4. The van der Waals surface area contributed by atoms with Gasteiger partial charge in [-0.2, -0.15) is 4.98 Å². The zero-order valence-corrected chi connectivity index (χ0v) is 17.0. The fraction of sp³-hybridized carbons (Fsp3) is 0.190. The van der Waals surface area contributed by atoms with Crippen molar-refractivity contribution in [3.05, 3.63) is 65.9 Å². The molecule has 8 nitrogen and oxygen atoms in total. The van der Waals surface area contributed by atoms with Crippen molar-refractivity contribution in [2.45, 2.75) is 6.92 Å². The van der Waals surface area contributed by atoms with Crippen LogP contribution in [0, 0.1) is 18.6 Å². The molecular formula is C21H22F2N6O2. The Morgan fingerprint density at radius 3 is 2.55 bits per heavy atom. The van der Waals surface area contributed by atoms with Crippen molar-refractivity contribution in [3.8, 4) is 5.75 Å². The summed E-state index contributed by atoms with van der Waals surface area (Å²) in [5, 5.41) is 11.0. The lowest BCUT2D eigenvalue weighted by molar-refractivity contribution is 0.252. The van der Waals surface area contributed by atoms with Gasteiger partial charge in [-0.05, 0) is 43.3 Å². The summed E-state index contributed by atoms with van der Waals surface area (Å²) in [5.41, 5.74) is 1.36. The van der Waals surface area contributed by atoms with Crippen molar-refractivity contribution in [2.75, 3.05) is 36.1 Å². The van der Waals surface area contributed by atoms with E-state index in [1.807, 2.05) is 31.2 Å². The first-order valence-corrected chi connectivity index (χ1v) is 9.43. The number of aryl methyl sites for hydroxylation is 1. The summed E-state index contributed by atoms with van der Waals surface area (Å²) in [6, 6.07) is 11.4. The monoisotopic (exact) mass is 428 g/mol. The van der Waals surface area contributed by atoms with Gasteiger partial charge in [0.1, 0.15) is 23.2 Å². The summed E-state index contributed by atoms with van der Waals surface area (Å²) < 4.78 is 31.9. The van der Waals surface area contributed by atoms with E-state index in [0.717, 1.165) is 35.3 Å². The zero-order valence-electron chi connectivity index (χ0n) is 17.0. The van der Waals surface area contributed by atoms with Crippen molar-refractivity contribution in [1.82, 2.24) is 15.3 Å². The molecule has 1 heterocycles. The zero-order chi connectivity index (χ0) is 22.2. The number of halogens is 2. The molecule has 0 atom stereocenters. The molecule has 0 aliphatic rings. The molecule has 0 radical (unpaired) electrons. The van der Waals surface area contributed by atoms with Crippen molar-refractivity contribution in [3.63, 3.8) is 0 Å². The summed E-state index contributed by atoms with van der Waals surface area (Å²) in [4.78, 5) is 20.6. The molecule has 2 amide bonds. The Morgan fingerprint density at radius 1 is 1.03 bits per heavy atom. The number of ether oxygens (including phenoxy) is 1. The molecule has 0 aliphatic heterocycles. The van der Waals surface area contributed by atoms with Gasteiger partial charge in [-0.1, -0.05) is 0 Å². The van der Waals surface area contributed by atoms with Crippen LogP contribution < -0.4 is 26.0 Å². The van der Waals surface area contributed by atoms with Gasteiger partial charge in [0, 0.05) is 36.6 Å². The van der Waals surface area contributed by atoms with Gasteiger partial charge in [0.25, 0.3) is 0 Å². The third-order valence-corrected chi connectivity index (χ3v) is 4.09. The number of urea groups is 1. The molecule has 4 N–H and O–H groups in total. The average Bonchev–Trinajstić information content (AvgIpc) is 2.74. The van der Waals surface area contributed by atoms with Crippen LogP contribution in [0.25, 0.3) is 0 Å². The Balaban J connectivity index is 1.49. The molecule has 10 heteroatoms. The predicted octanol–water partition coefficient (Wildman–Crippen LogP) is 4.05. The number of anilines is 4. The third-order valence-electron chi connectivity index (χ3n) is 4.09. The summed E-state index contributed by atoms with van der Waals surface area (Å²) in [5.74, 6) is 0.374. The van der Waals surface area contributed by atoms with Crippen molar-refractivity contribution < 1.29 is 18.3 Å². The van der Waals surface area contributed by atoms with Crippen molar-refractivity contribution in [1.29, 1.82) is 0 Å². The quantitative estimate of drug-likeness (QED) is 0.404. The topological polar surface area (TPSA) is 100 Å². The first kappa shape index (κ1) is 21.8. The number of amides is 2. The summed E-state index contributed by atoms with van der Waals surface area (Å²) in [6.07, 6.45) is 0. The van der Waals surface area contributed by atoms with Crippen LogP contribution in [0.4, 0.5) is 36.7 Å². The van der Waals surface area contributed by atoms with Gasteiger partial charge in [0.05, 0.1) is 12.8 Å². The lowest BCUT2D eigenvalue weighted by atomic mass is 10.3. The molecule has 162 valence electrons. The maximum absolute atomic E-state index is 13.6. The van der Waals surface area contributed by atoms with Crippen LogP contribution in [0.3, 0.4) is 0 Å². The van der Waals surface area contributed by atoms with Crippen LogP contribution in [-0.4, -0.2) is 36.2 Å². The number of carbonyl (C=O) groups excluding carboxylic acids is 1. The summed E-state index contributed by atoms with van der Waals surface area (Å²) in [6.45, 7) is 2.37. The lowest BCUT2D eigenvalue weighted by Crippen LogP contribution is -2.33. The number of aromatic nitrogens is 2. The first-order chi connectivity index (χ1) is 14.9. The molecule has 0 saturated heterocycles. The molecule has 31 heavy (non-hydrogen) atoms. The van der Waals surface area contributed by atoms with Crippen LogP contribution in [-0.2, 0) is 0 Å². The molecule has 2 aromatic carbocycles. The van der Waals surface area contributed by atoms with Gasteiger partial charge in [-0.15, -0.1) is 0 Å². The van der Waals surface area contributed by atoms with Crippen molar-refractivity contribution >= 4 is 29.2 Å². The van der Waals surface area contributed by atoms with E-state index in [-0.39, 0.29) is 12.2 Å². The second-order valence-electron chi connectivity index (χ2n) is 6.50. The minimum absolute atomic E-state index is 0.210. The second-order valence-corrected chi connectivity index (χ2v) is 6.50. The fourth-order valence-electron chi connectivity index (χ4n) is 2.64. The van der Waals surface area contributed by atoms with E-state index < -0.39 is 17.7 Å². The van der Waals surface area contributed by atoms with Gasteiger partial charge in [0.15, 0.2) is 0 Å². The highest BCUT2D eigenvalue weighted by Gasteiger charge is 2.08. The minimum atomic E-state index is -0.722. The van der Waals surface area contributed by atoms with Gasteiger partial charge >= 0.3 is 6.03 Å². The highest BCUT2D eigenvalue weighted by molar-refractivity contribution is 5.89. The van der Waals surface area contributed by atoms with Crippen LogP contribution in [0.2, 0.25) is 0 Å². The maximum Gasteiger partial charge on any atom is 0.319 e. The highest BCUT2D eigenvalue weighted by atomic mass is 19.1. The van der Waals surface area contributed by atoms with Crippen LogP contribution in [0.1, 0.15) is 5.69 Å².